The molecule has 110 valence electrons. The second-order valence-electron chi connectivity index (χ2n) is 4.77. The Morgan fingerprint density at radius 2 is 1.81 bits per heavy atom. The number of rotatable bonds is 6. The van der Waals surface area contributed by atoms with Crippen molar-refractivity contribution in [3.63, 3.8) is 0 Å². The zero-order chi connectivity index (χ0) is 15.2. The van der Waals surface area contributed by atoms with Gasteiger partial charge in [-0.2, -0.15) is 0 Å². The number of hydrogen-bond acceptors (Lipinski definition) is 2. The fraction of sp³-hybridized carbons (Fsp3) is 0.188. The first-order chi connectivity index (χ1) is 10.1. The lowest BCUT2D eigenvalue weighted by molar-refractivity contribution is 0.802. The number of halogens is 2. The van der Waals surface area contributed by atoms with Gasteiger partial charge in [-0.05, 0) is 29.8 Å². The van der Waals surface area contributed by atoms with Gasteiger partial charge in [0.1, 0.15) is 0 Å². The second kappa shape index (κ2) is 7.34. The molecule has 0 bridgehead atoms. The monoisotopic (exact) mass is 321 g/mol. The van der Waals surface area contributed by atoms with Crippen LogP contribution < -0.4 is 10.6 Å². The molecule has 2 aromatic carbocycles. The fourth-order valence-corrected chi connectivity index (χ4v) is 2.52. The van der Waals surface area contributed by atoms with Crippen molar-refractivity contribution in [2.75, 3.05) is 11.4 Å². The van der Waals surface area contributed by atoms with Crippen molar-refractivity contribution >= 4 is 34.7 Å². The third-order valence-corrected chi connectivity index (χ3v) is 3.74. The topological polar surface area (TPSA) is 53.1 Å². The number of nitrogens with one attached hydrogen (secondary N) is 1. The minimum Gasteiger partial charge on any atom is -0.388 e. The predicted octanol–water partition coefficient (Wildman–Crippen LogP) is 4.33. The maximum absolute atomic E-state index is 7.41. The van der Waals surface area contributed by atoms with Crippen molar-refractivity contribution in [1.82, 2.24) is 0 Å². The largest absolute Gasteiger partial charge is 0.388 e. The molecule has 0 spiro atoms. The van der Waals surface area contributed by atoms with E-state index >= 15 is 0 Å². The normalized spacial score (nSPS) is 10.4. The van der Waals surface area contributed by atoms with E-state index in [0.717, 1.165) is 11.3 Å². The van der Waals surface area contributed by atoms with Crippen molar-refractivity contribution in [1.29, 1.82) is 5.41 Å². The Morgan fingerprint density at radius 1 is 1.10 bits per heavy atom. The molecule has 0 amide bonds. The van der Waals surface area contributed by atoms with E-state index in [-0.39, 0.29) is 5.84 Å². The van der Waals surface area contributed by atoms with Gasteiger partial charge in [0.05, 0.1) is 5.84 Å². The molecule has 5 heteroatoms. The molecule has 2 rings (SSSR count). The first-order valence-corrected chi connectivity index (χ1v) is 7.38. The van der Waals surface area contributed by atoms with Crippen LogP contribution in [0.1, 0.15) is 12.0 Å². The molecule has 0 heterocycles. The minimum absolute atomic E-state index is 0.179. The quantitative estimate of drug-likeness (QED) is 0.614. The van der Waals surface area contributed by atoms with Crippen LogP contribution in [-0.2, 0) is 6.54 Å². The number of anilines is 1. The summed E-state index contributed by atoms with van der Waals surface area (Å²) in [7, 11) is 0. The maximum atomic E-state index is 7.41. The van der Waals surface area contributed by atoms with Crippen LogP contribution >= 0.6 is 23.2 Å². The molecule has 0 aromatic heterocycles. The van der Waals surface area contributed by atoms with Crippen molar-refractivity contribution in [3.8, 4) is 0 Å². The number of para-hydroxylation sites is 1. The maximum Gasteiger partial charge on any atom is 0.0923 e. The van der Waals surface area contributed by atoms with Gasteiger partial charge < -0.3 is 10.6 Å². The van der Waals surface area contributed by atoms with Gasteiger partial charge in [-0.1, -0.05) is 47.5 Å². The molecule has 0 atom stereocenters. The van der Waals surface area contributed by atoms with E-state index in [9.17, 15) is 0 Å². The van der Waals surface area contributed by atoms with Gasteiger partial charge in [0.25, 0.3) is 0 Å². The van der Waals surface area contributed by atoms with Gasteiger partial charge in [-0.25, -0.2) is 0 Å². The number of nitrogens with zero attached hydrogens (tertiary/aromatic N) is 1. The third kappa shape index (κ3) is 4.66. The molecular weight excluding hydrogens is 305 g/mol. The van der Waals surface area contributed by atoms with E-state index in [1.165, 1.54) is 0 Å². The van der Waals surface area contributed by atoms with E-state index in [1.807, 2.05) is 42.5 Å². The van der Waals surface area contributed by atoms with Gasteiger partial charge >= 0.3 is 0 Å². The molecule has 0 aliphatic heterocycles. The highest BCUT2D eigenvalue weighted by Gasteiger charge is 2.10. The highest BCUT2D eigenvalue weighted by molar-refractivity contribution is 6.35. The Morgan fingerprint density at radius 3 is 2.43 bits per heavy atom. The summed E-state index contributed by atoms with van der Waals surface area (Å²) in [6.07, 6.45) is 0.514. The SMILES string of the molecule is N=C(N)CCN(Cc1ccc(Cl)cc1Cl)c1ccccc1. The molecule has 0 saturated carbocycles. The summed E-state index contributed by atoms with van der Waals surface area (Å²) in [6, 6.07) is 15.5. The first-order valence-electron chi connectivity index (χ1n) is 6.63. The first kappa shape index (κ1) is 15.7. The van der Waals surface area contributed by atoms with Crippen molar-refractivity contribution in [3.05, 3.63) is 64.1 Å². The molecule has 0 radical (unpaired) electrons. The Kier molecular flexibility index (Phi) is 5.48. The zero-order valence-electron chi connectivity index (χ0n) is 11.5. The molecule has 0 saturated heterocycles. The number of hydrogen-bond donors (Lipinski definition) is 2. The summed E-state index contributed by atoms with van der Waals surface area (Å²) in [4.78, 5) is 2.15. The van der Waals surface area contributed by atoms with Crippen LogP contribution in [0, 0.1) is 5.41 Å². The Hall–Kier alpha value is -1.71. The summed E-state index contributed by atoms with van der Waals surface area (Å²) in [6.45, 7) is 1.31. The lowest BCUT2D eigenvalue weighted by Gasteiger charge is -2.25. The van der Waals surface area contributed by atoms with Crippen molar-refractivity contribution in [2.45, 2.75) is 13.0 Å². The van der Waals surface area contributed by atoms with Crippen LogP contribution in [0.25, 0.3) is 0 Å². The molecule has 3 N–H and O–H groups in total. The van der Waals surface area contributed by atoms with Crippen LogP contribution in [0.2, 0.25) is 10.0 Å². The molecule has 0 aliphatic carbocycles. The van der Waals surface area contributed by atoms with E-state index in [2.05, 4.69) is 4.90 Å². The van der Waals surface area contributed by atoms with Crippen LogP contribution in [-0.4, -0.2) is 12.4 Å². The Labute approximate surface area is 134 Å². The van der Waals surface area contributed by atoms with E-state index < -0.39 is 0 Å². The average Bonchev–Trinajstić information content (AvgIpc) is 2.46. The Bertz CT molecular complexity index is 614. The van der Waals surface area contributed by atoms with Crippen LogP contribution in [0.5, 0.6) is 0 Å². The molecule has 0 aliphatic rings. The summed E-state index contributed by atoms with van der Waals surface area (Å²) in [5.41, 5.74) is 7.54. The predicted molar refractivity (Wildman–Crippen MR) is 90.5 cm³/mol. The van der Waals surface area contributed by atoms with E-state index in [4.69, 9.17) is 34.3 Å². The lowest BCUT2D eigenvalue weighted by Crippen LogP contribution is -2.27. The Balaban J connectivity index is 2.21. The van der Waals surface area contributed by atoms with Gasteiger partial charge in [0.15, 0.2) is 0 Å². The summed E-state index contributed by atoms with van der Waals surface area (Å²) in [5, 5.41) is 8.68. The van der Waals surface area contributed by atoms with Gasteiger partial charge in [-0.3, -0.25) is 5.41 Å². The smallest absolute Gasteiger partial charge is 0.0923 e. The highest BCUT2D eigenvalue weighted by atomic mass is 35.5. The molecule has 0 unspecified atom stereocenters. The standard InChI is InChI=1S/C16H17Cl2N3/c17-13-7-6-12(15(18)10-13)11-21(9-8-16(19)20)14-4-2-1-3-5-14/h1-7,10H,8-9,11H2,(H3,19,20). The molecular formula is C16H17Cl2N3. The highest BCUT2D eigenvalue weighted by Crippen LogP contribution is 2.24. The van der Waals surface area contributed by atoms with Gasteiger partial charge in [0, 0.05) is 35.2 Å². The minimum atomic E-state index is 0.179. The zero-order valence-corrected chi connectivity index (χ0v) is 13.0. The molecule has 2 aromatic rings. The van der Waals surface area contributed by atoms with Crippen molar-refractivity contribution in [2.24, 2.45) is 5.73 Å². The molecule has 21 heavy (non-hydrogen) atoms. The number of benzene rings is 2. The summed E-state index contributed by atoms with van der Waals surface area (Å²) >= 11 is 12.2. The van der Waals surface area contributed by atoms with E-state index in [1.54, 1.807) is 6.07 Å². The summed E-state index contributed by atoms with van der Waals surface area (Å²) in [5.74, 6) is 0.179. The van der Waals surface area contributed by atoms with Crippen LogP contribution in [0.3, 0.4) is 0 Å². The van der Waals surface area contributed by atoms with Gasteiger partial charge in [-0.15, -0.1) is 0 Å². The van der Waals surface area contributed by atoms with Crippen molar-refractivity contribution < 1.29 is 0 Å². The van der Waals surface area contributed by atoms with Crippen LogP contribution in [0.4, 0.5) is 5.69 Å². The summed E-state index contributed by atoms with van der Waals surface area (Å²) < 4.78 is 0. The third-order valence-electron chi connectivity index (χ3n) is 3.15. The number of amidine groups is 1. The molecule has 3 nitrogen and oxygen atoms in total. The average molecular weight is 322 g/mol. The van der Waals surface area contributed by atoms with E-state index in [0.29, 0.717) is 29.6 Å². The second-order valence-corrected chi connectivity index (χ2v) is 5.61. The number of nitrogens with two attached hydrogens (primary N) is 1. The lowest BCUT2D eigenvalue weighted by atomic mass is 10.2. The fourth-order valence-electron chi connectivity index (χ4n) is 2.05. The van der Waals surface area contributed by atoms with Crippen LogP contribution in [0.15, 0.2) is 48.5 Å². The molecule has 0 fully saturated rings. The van der Waals surface area contributed by atoms with Gasteiger partial charge in [0.2, 0.25) is 0 Å².